The number of hydrogen-bond donors (Lipinski definition) is 1. The number of halogens is 1. The summed E-state index contributed by atoms with van der Waals surface area (Å²) in [6.45, 7) is 3.70. The van der Waals surface area contributed by atoms with Gasteiger partial charge in [0.15, 0.2) is 0 Å². The van der Waals surface area contributed by atoms with E-state index in [-0.39, 0.29) is 0 Å². The first-order valence-electron chi connectivity index (χ1n) is 5.11. The highest BCUT2D eigenvalue weighted by molar-refractivity contribution is 9.10. The molecule has 4 heteroatoms. The van der Waals surface area contributed by atoms with Gasteiger partial charge in [0.05, 0.1) is 19.8 Å². The van der Waals surface area contributed by atoms with Crippen LogP contribution in [0.15, 0.2) is 16.6 Å². The lowest BCUT2D eigenvalue weighted by Gasteiger charge is -2.25. The average molecular weight is 289 g/mol. The van der Waals surface area contributed by atoms with Crippen LogP contribution < -0.4 is 9.47 Å². The first kappa shape index (κ1) is 13.3. The zero-order valence-electron chi connectivity index (χ0n) is 10.0. The second-order valence-electron chi connectivity index (χ2n) is 3.79. The molecule has 1 atom stereocenters. The Morgan fingerprint density at radius 1 is 1.31 bits per heavy atom. The number of aliphatic hydroxyl groups is 1. The van der Waals surface area contributed by atoms with E-state index in [4.69, 9.17) is 9.47 Å². The second-order valence-corrected chi connectivity index (χ2v) is 4.58. The minimum atomic E-state index is -0.903. The minimum absolute atomic E-state index is 0.613. The normalized spacial score (nSPS) is 14.4. The van der Waals surface area contributed by atoms with E-state index in [1.165, 1.54) is 0 Å². The fourth-order valence-electron chi connectivity index (χ4n) is 1.51. The molecule has 0 aliphatic heterocycles. The summed E-state index contributed by atoms with van der Waals surface area (Å²) in [5, 5.41) is 10.3. The van der Waals surface area contributed by atoms with Crippen molar-refractivity contribution in [1.29, 1.82) is 0 Å². The Balaban J connectivity index is 3.37. The van der Waals surface area contributed by atoms with Crippen molar-refractivity contribution in [1.82, 2.24) is 0 Å². The summed E-state index contributed by atoms with van der Waals surface area (Å²) < 4.78 is 11.2. The molecule has 0 aliphatic carbocycles. The van der Waals surface area contributed by atoms with Crippen LogP contribution in [0.2, 0.25) is 0 Å². The van der Waals surface area contributed by atoms with Crippen molar-refractivity contribution in [3.63, 3.8) is 0 Å². The topological polar surface area (TPSA) is 38.7 Å². The molecule has 3 nitrogen and oxygen atoms in total. The number of benzene rings is 1. The van der Waals surface area contributed by atoms with E-state index in [1.54, 1.807) is 21.1 Å². The molecule has 0 amide bonds. The van der Waals surface area contributed by atoms with Gasteiger partial charge in [-0.1, -0.05) is 6.92 Å². The van der Waals surface area contributed by atoms with Crippen LogP contribution in [-0.4, -0.2) is 19.3 Å². The fraction of sp³-hybridized carbons (Fsp3) is 0.500. The Bertz CT molecular complexity index is 375. The molecule has 0 aliphatic rings. The van der Waals surface area contributed by atoms with E-state index in [9.17, 15) is 5.11 Å². The highest BCUT2D eigenvalue weighted by atomic mass is 79.9. The van der Waals surface area contributed by atoms with Crippen molar-refractivity contribution in [2.75, 3.05) is 14.2 Å². The number of ether oxygens (including phenoxy) is 2. The van der Waals surface area contributed by atoms with Crippen LogP contribution in [0, 0.1) is 0 Å². The minimum Gasteiger partial charge on any atom is -0.495 e. The molecule has 1 aromatic carbocycles. The van der Waals surface area contributed by atoms with E-state index in [0.717, 1.165) is 10.0 Å². The summed E-state index contributed by atoms with van der Waals surface area (Å²) in [5.74, 6) is 1.30. The van der Waals surface area contributed by atoms with Gasteiger partial charge < -0.3 is 14.6 Å². The quantitative estimate of drug-likeness (QED) is 0.925. The van der Waals surface area contributed by atoms with Gasteiger partial charge in [0, 0.05) is 5.56 Å². The molecule has 0 spiro atoms. The van der Waals surface area contributed by atoms with Gasteiger partial charge >= 0.3 is 0 Å². The summed E-state index contributed by atoms with van der Waals surface area (Å²) in [6, 6.07) is 3.64. The van der Waals surface area contributed by atoms with Gasteiger partial charge in [-0.3, -0.25) is 0 Å². The van der Waals surface area contributed by atoms with Gasteiger partial charge in [-0.25, -0.2) is 0 Å². The van der Waals surface area contributed by atoms with Crippen molar-refractivity contribution in [3.05, 3.63) is 22.2 Å². The zero-order chi connectivity index (χ0) is 12.3. The molecule has 90 valence electrons. The standard InChI is InChI=1S/C12H17BrO3/c1-5-12(2,14)8-6-7-9(15-3)10(13)11(8)16-4/h6-7,14H,5H2,1-4H3. The van der Waals surface area contributed by atoms with Gasteiger partial charge in [0.1, 0.15) is 16.0 Å². The molecule has 0 saturated carbocycles. The van der Waals surface area contributed by atoms with Crippen LogP contribution in [-0.2, 0) is 5.60 Å². The molecular weight excluding hydrogens is 272 g/mol. The van der Waals surface area contributed by atoms with E-state index in [1.807, 2.05) is 19.1 Å². The maximum atomic E-state index is 10.3. The van der Waals surface area contributed by atoms with Crippen LogP contribution in [0.3, 0.4) is 0 Å². The Kier molecular flexibility index (Phi) is 4.21. The summed E-state index contributed by atoms with van der Waals surface area (Å²) in [7, 11) is 3.17. The maximum absolute atomic E-state index is 10.3. The van der Waals surface area contributed by atoms with E-state index >= 15 is 0 Å². The molecule has 1 aromatic rings. The lowest BCUT2D eigenvalue weighted by molar-refractivity contribution is 0.0503. The zero-order valence-corrected chi connectivity index (χ0v) is 11.6. The van der Waals surface area contributed by atoms with E-state index < -0.39 is 5.60 Å². The van der Waals surface area contributed by atoms with Crippen molar-refractivity contribution < 1.29 is 14.6 Å². The van der Waals surface area contributed by atoms with Crippen LogP contribution in [0.25, 0.3) is 0 Å². The van der Waals surface area contributed by atoms with Gasteiger partial charge in [-0.05, 0) is 41.4 Å². The molecular formula is C12H17BrO3. The van der Waals surface area contributed by atoms with Crippen molar-refractivity contribution in [3.8, 4) is 11.5 Å². The third kappa shape index (κ3) is 2.33. The SMILES string of the molecule is CCC(C)(O)c1ccc(OC)c(Br)c1OC. The second kappa shape index (κ2) is 5.06. The average Bonchev–Trinajstić information content (AvgIpc) is 2.28. The Morgan fingerprint density at radius 2 is 1.94 bits per heavy atom. The molecule has 16 heavy (non-hydrogen) atoms. The molecule has 0 radical (unpaired) electrons. The van der Waals surface area contributed by atoms with Crippen molar-refractivity contribution in [2.45, 2.75) is 25.9 Å². The fourth-order valence-corrected chi connectivity index (χ4v) is 2.18. The molecule has 1 unspecified atom stereocenters. The highest BCUT2D eigenvalue weighted by Gasteiger charge is 2.27. The number of rotatable bonds is 4. The predicted molar refractivity (Wildman–Crippen MR) is 67.1 cm³/mol. The van der Waals surface area contributed by atoms with Crippen LogP contribution >= 0.6 is 15.9 Å². The van der Waals surface area contributed by atoms with E-state index in [2.05, 4.69) is 15.9 Å². The number of methoxy groups -OCH3 is 2. The predicted octanol–water partition coefficient (Wildman–Crippen LogP) is 3.08. The third-order valence-electron chi connectivity index (χ3n) is 2.75. The van der Waals surface area contributed by atoms with E-state index in [0.29, 0.717) is 17.9 Å². The van der Waals surface area contributed by atoms with Crippen molar-refractivity contribution >= 4 is 15.9 Å². The molecule has 0 saturated heterocycles. The summed E-state index contributed by atoms with van der Waals surface area (Å²) in [5.41, 5.74) is -0.148. The van der Waals surface area contributed by atoms with Crippen LogP contribution in [0.1, 0.15) is 25.8 Å². The third-order valence-corrected chi connectivity index (χ3v) is 3.51. The molecule has 0 aromatic heterocycles. The lowest BCUT2D eigenvalue weighted by Crippen LogP contribution is -2.20. The molecule has 0 bridgehead atoms. The summed E-state index contributed by atoms with van der Waals surface area (Å²) >= 11 is 3.41. The Labute approximate surface area is 105 Å². The summed E-state index contributed by atoms with van der Waals surface area (Å²) in [6.07, 6.45) is 0.613. The first-order valence-corrected chi connectivity index (χ1v) is 5.90. The number of hydrogen-bond acceptors (Lipinski definition) is 3. The largest absolute Gasteiger partial charge is 0.495 e. The molecule has 1 rings (SSSR count). The van der Waals surface area contributed by atoms with Gasteiger partial charge in [-0.15, -0.1) is 0 Å². The Morgan fingerprint density at radius 3 is 2.38 bits per heavy atom. The smallest absolute Gasteiger partial charge is 0.142 e. The molecule has 0 heterocycles. The van der Waals surface area contributed by atoms with Crippen LogP contribution in [0.4, 0.5) is 0 Å². The Hall–Kier alpha value is -0.740. The van der Waals surface area contributed by atoms with Crippen molar-refractivity contribution in [2.24, 2.45) is 0 Å². The monoisotopic (exact) mass is 288 g/mol. The lowest BCUT2D eigenvalue weighted by atomic mass is 9.92. The van der Waals surface area contributed by atoms with Gasteiger partial charge in [0.25, 0.3) is 0 Å². The van der Waals surface area contributed by atoms with Crippen LogP contribution in [0.5, 0.6) is 11.5 Å². The molecule has 0 fully saturated rings. The summed E-state index contributed by atoms with van der Waals surface area (Å²) in [4.78, 5) is 0. The first-order chi connectivity index (χ1) is 7.47. The van der Waals surface area contributed by atoms with Gasteiger partial charge in [0.2, 0.25) is 0 Å². The highest BCUT2D eigenvalue weighted by Crippen LogP contribution is 2.42. The van der Waals surface area contributed by atoms with Gasteiger partial charge in [-0.2, -0.15) is 0 Å². The maximum Gasteiger partial charge on any atom is 0.142 e. The molecule has 1 N–H and O–H groups in total.